The van der Waals surface area contributed by atoms with E-state index < -0.39 is 5.91 Å². The minimum atomic E-state index is -0.450. The largest absolute Gasteiger partial charge is 0.369 e. The van der Waals surface area contributed by atoms with Crippen LogP contribution in [0.15, 0.2) is 30.5 Å². The van der Waals surface area contributed by atoms with E-state index in [4.69, 9.17) is 11.5 Å². The smallest absolute Gasteiger partial charge is 0.250 e. The van der Waals surface area contributed by atoms with E-state index >= 15 is 0 Å². The number of carbonyl (C=O) groups is 1. The number of pyridine rings is 1. The van der Waals surface area contributed by atoms with Gasteiger partial charge in [0.25, 0.3) is 5.91 Å². The summed E-state index contributed by atoms with van der Waals surface area (Å²) in [5.41, 5.74) is 13.8. The number of hydrogen-bond donors (Lipinski definition) is 2. The predicted molar refractivity (Wildman–Crippen MR) is 84.2 cm³/mol. The zero-order chi connectivity index (χ0) is 15.0. The van der Waals surface area contributed by atoms with Gasteiger partial charge in [0.05, 0.1) is 11.1 Å². The van der Waals surface area contributed by atoms with E-state index in [9.17, 15) is 4.79 Å². The van der Waals surface area contributed by atoms with Crippen molar-refractivity contribution < 1.29 is 4.79 Å². The van der Waals surface area contributed by atoms with Crippen LogP contribution in [0.25, 0.3) is 10.9 Å². The van der Waals surface area contributed by atoms with E-state index in [1.807, 2.05) is 18.2 Å². The Labute approximate surface area is 123 Å². The Balaban J connectivity index is 2.11. The first-order chi connectivity index (χ1) is 10.1. The first kappa shape index (κ1) is 13.8. The normalized spacial score (nSPS) is 22.5. The van der Waals surface area contributed by atoms with Crippen molar-refractivity contribution in [1.29, 1.82) is 0 Å². The van der Waals surface area contributed by atoms with Crippen LogP contribution >= 0.6 is 0 Å². The van der Waals surface area contributed by atoms with Crippen molar-refractivity contribution in [3.63, 3.8) is 0 Å². The van der Waals surface area contributed by atoms with Gasteiger partial charge in [-0.15, -0.1) is 0 Å². The molecule has 5 nitrogen and oxygen atoms in total. The fourth-order valence-electron chi connectivity index (χ4n) is 3.23. The topological polar surface area (TPSA) is 85.2 Å². The highest BCUT2D eigenvalue weighted by molar-refractivity contribution is 6.08. The molecule has 21 heavy (non-hydrogen) atoms. The summed E-state index contributed by atoms with van der Waals surface area (Å²) in [5.74, 6) is 0.102. The van der Waals surface area contributed by atoms with Crippen LogP contribution in [0, 0.1) is 5.92 Å². The number of nitrogens with two attached hydrogens (primary N) is 2. The maximum atomic E-state index is 11.6. The number of fused-ring (bicyclic) bond motifs is 1. The number of primary amides is 1. The van der Waals surface area contributed by atoms with Gasteiger partial charge in [0, 0.05) is 36.4 Å². The van der Waals surface area contributed by atoms with E-state index in [2.05, 4.69) is 16.8 Å². The van der Waals surface area contributed by atoms with Crippen molar-refractivity contribution in [2.24, 2.45) is 17.4 Å². The van der Waals surface area contributed by atoms with Gasteiger partial charge in [0.15, 0.2) is 0 Å². The highest BCUT2D eigenvalue weighted by Crippen LogP contribution is 2.31. The van der Waals surface area contributed by atoms with E-state index in [0.29, 0.717) is 17.0 Å². The Bertz CT molecular complexity index is 675. The molecule has 1 aliphatic rings. The molecule has 2 aromatic rings. The molecule has 1 fully saturated rings. The van der Waals surface area contributed by atoms with Crippen molar-refractivity contribution in [3.05, 3.63) is 36.0 Å². The summed E-state index contributed by atoms with van der Waals surface area (Å²) < 4.78 is 0. The quantitative estimate of drug-likeness (QED) is 0.875. The molecule has 0 saturated carbocycles. The minimum absolute atomic E-state index is 0.177. The number of benzene rings is 1. The fourth-order valence-corrected chi connectivity index (χ4v) is 3.23. The SMILES string of the molecule is CC1CC(N)CN(c2ccc(C(N)=O)c3ncccc23)C1. The van der Waals surface area contributed by atoms with Gasteiger partial charge in [-0.2, -0.15) is 0 Å². The van der Waals surface area contributed by atoms with Gasteiger partial charge in [0.2, 0.25) is 0 Å². The second-order valence-corrected chi connectivity index (χ2v) is 5.90. The number of amides is 1. The lowest BCUT2D eigenvalue weighted by Crippen LogP contribution is -2.46. The number of piperidine rings is 1. The average Bonchev–Trinajstić information content (AvgIpc) is 2.44. The summed E-state index contributed by atoms with van der Waals surface area (Å²) in [7, 11) is 0. The van der Waals surface area contributed by atoms with Gasteiger partial charge >= 0.3 is 0 Å². The predicted octanol–water partition coefficient (Wildman–Crippen LogP) is 1.51. The molecule has 5 heteroatoms. The van der Waals surface area contributed by atoms with Gasteiger partial charge in [-0.05, 0) is 36.6 Å². The van der Waals surface area contributed by atoms with Crippen molar-refractivity contribution >= 4 is 22.5 Å². The third-order valence-corrected chi connectivity index (χ3v) is 4.04. The summed E-state index contributed by atoms with van der Waals surface area (Å²) in [6.07, 6.45) is 2.73. The molecule has 2 unspecified atom stereocenters. The van der Waals surface area contributed by atoms with Gasteiger partial charge in [-0.25, -0.2) is 0 Å². The van der Waals surface area contributed by atoms with E-state index in [1.165, 1.54) is 0 Å². The molecule has 1 saturated heterocycles. The molecular weight excluding hydrogens is 264 g/mol. The molecule has 0 aliphatic carbocycles. The molecule has 2 atom stereocenters. The molecule has 4 N–H and O–H groups in total. The van der Waals surface area contributed by atoms with Crippen LogP contribution in [0.1, 0.15) is 23.7 Å². The summed E-state index contributed by atoms with van der Waals surface area (Å²) in [6, 6.07) is 7.75. The third kappa shape index (κ3) is 2.56. The number of anilines is 1. The summed E-state index contributed by atoms with van der Waals surface area (Å²) in [5, 5.41) is 0.954. The molecule has 1 aromatic carbocycles. The lowest BCUT2D eigenvalue weighted by Gasteiger charge is -2.37. The zero-order valence-corrected chi connectivity index (χ0v) is 12.1. The van der Waals surface area contributed by atoms with Crippen LogP contribution in [0.2, 0.25) is 0 Å². The molecule has 110 valence electrons. The van der Waals surface area contributed by atoms with Crippen LogP contribution in [0.4, 0.5) is 5.69 Å². The van der Waals surface area contributed by atoms with Gasteiger partial charge in [0.1, 0.15) is 0 Å². The van der Waals surface area contributed by atoms with E-state index in [1.54, 1.807) is 12.3 Å². The van der Waals surface area contributed by atoms with Crippen molar-refractivity contribution in [2.45, 2.75) is 19.4 Å². The van der Waals surface area contributed by atoms with Gasteiger partial charge < -0.3 is 16.4 Å². The zero-order valence-electron chi connectivity index (χ0n) is 12.1. The van der Waals surface area contributed by atoms with Crippen molar-refractivity contribution in [1.82, 2.24) is 4.98 Å². The van der Waals surface area contributed by atoms with Crippen LogP contribution in [-0.4, -0.2) is 30.0 Å². The summed E-state index contributed by atoms with van der Waals surface area (Å²) >= 11 is 0. The van der Waals surface area contributed by atoms with Crippen LogP contribution in [-0.2, 0) is 0 Å². The minimum Gasteiger partial charge on any atom is -0.369 e. The average molecular weight is 284 g/mol. The van der Waals surface area contributed by atoms with Gasteiger partial charge in [-0.1, -0.05) is 6.92 Å². The van der Waals surface area contributed by atoms with E-state index in [-0.39, 0.29) is 6.04 Å². The molecular formula is C16H20N4O. The number of rotatable bonds is 2. The Kier molecular flexibility index (Phi) is 3.51. The molecule has 1 aliphatic heterocycles. The van der Waals surface area contributed by atoms with Crippen molar-refractivity contribution in [2.75, 3.05) is 18.0 Å². The monoisotopic (exact) mass is 284 g/mol. The summed E-state index contributed by atoms with van der Waals surface area (Å²) in [4.78, 5) is 18.2. The lowest BCUT2D eigenvalue weighted by molar-refractivity contribution is 0.100. The maximum absolute atomic E-state index is 11.6. The highest BCUT2D eigenvalue weighted by Gasteiger charge is 2.24. The molecule has 2 heterocycles. The van der Waals surface area contributed by atoms with Crippen LogP contribution < -0.4 is 16.4 Å². The van der Waals surface area contributed by atoms with E-state index in [0.717, 1.165) is 30.6 Å². The Morgan fingerprint density at radius 2 is 2.14 bits per heavy atom. The summed E-state index contributed by atoms with van der Waals surface area (Å²) in [6.45, 7) is 4.00. The fraction of sp³-hybridized carbons (Fsp3) is 0.375. The second kappa shape index (κ2) is 5.33. The first-order valence-corrected chi connectivity index (χ1v) is 7.24. The Morgan fingerprint density at radius 3 is 2.86 bits per heavy atom. The number of carbonyl (C=O) groups excluding carboxylic acids is 1. The standard InChI is InChI=1S/C16H20N4O/c1-10-7-11(17)9-20(8-10)14-5-4-13(16(18)21)15-12(14)3-2-6-19-15/h2-6,10-11H,7-9,17H2,1H3,(H2,18,21). The lowest BCUT2D eigenvalue weighted by atomic mass is 9.95. The first-order valence-electron chi connectivity index (χ1n) is 7.24. The molecule has 1 amide bonds. The second-order valence-electron chi connectivity index (χ2n) is 5.90. The number of aromatic nitrogens is 1. The molecule has 0 spiro atoms. The number of hydrogen-bond acceptors (Lipinski definition) is 4. The Hall–Kier alpha value is -2.14. The maximum Gasteiger partial charge on any atom is 0.250 e. The highest BCUT2D eigenvalue weighted by atomic mass is 16.1. The molecule has 0 bridgehead atoms. The van der Waals surface area contributed by atoms with Gasteiger partial charge in [-0.3, -0.25) is 9.78 Å². The molecule has 3 rings (SSSR count). The van der Waals surface area contributed by atoms with Crippen LogP contribution in [0.5, 0.6) is 0 Å². The van der Waals surface area contributed by atoms with Crippen LogP contribution in [0.3, 0.4) is 0 Å². The number of nitrogens with zero attached hydrogens (tertiary/aromatic N) is 2. The Morgan fingerprint density at radius 1 is 1.33 bits per heavy atom. The third-order valence-electron chi connectivity index (χ3n) is 4.04. The molecule has 0 radical (unpaired) electrons. The van der Waals surface area contributed by atoms with Crippen molar-refractivity contribution in [3.8, 4) is 0 Å². The molecule has 1 aromatic heterocycles.